The molecular formula is C19H24N4O3S. The van der Waals surface area contributed by atoms with Crippen LogP contribution in [0.25, 0.3) is 0 Å². The topological polar surface area (TPSA) is 83.6 Å². The molecule has 144 valence electrons. The second-order valence-electron chi connectivity index (χ2n) is 6.71. The highest BCUT2D eigenvalue weighted by Crippen LogP contribution is 2.27. The quantitative estimate of drug-likeness (QED) is 0.830. The van der Waals surface area contributed by atoms with Gasteiger partial charge in [-0.2, -0.15) is 0 Å². The van der Waals surface area contributed by atoms with Gasteiger partial charge in [0.25, 0.3) is 5.91 Å². The molecule has 2 aromatic rings. The number of hydrogen-bond acceptors (Lipinski definition) is 5. The summed E-state index contributed by atoms with van der Waals surface area (Å²) in [5, 5.41) is 5.83. The molecule has 3 amide bonds. The lowest BCUT2D eigenvalue weighted by molar-refractivity contribution is 0.0687. The van der Waals surface area contributed by atoms with E-state index in [0.717, 1.165) is 25.9 Å². The standard InChI is InChI=1S/C19H24N4O3S/c1-12-7-6-10-23(11-12)17(24)16-13(2)20-19(27-16)22-18(25)21-14-8-4-5-9-15(14)26-3/h4-5,8-9,12H,6-7,10-11H2,1-3H3,(H2,20,21,22,25). The zero-order valence-corrected chi connectivity index (χ0v) is 16.6. The first-order chi connectivity index (χ1) is 13.0. The molecule has 0 aliphatic carbocycles. The number of benzene rings is 1. The molecule has 1 unspecified atom stereocenters. The number of urea groups is 1. The normalized spacial score (nSPS) is 16.7. The second kappa shape index (κ2) is 8.39. The van der Waals surface area contributed by atoms with E-state index < -0.39 is 6.03 Å². The number of nitrogens with zero attached hydrogens (tertiary/aromatic N) is 2. The van der Waals surface area contributed by atoms with Gasteiger partial charge < -0.3 is 15.0 Å². The van der Waals surface area contributed by atoms with Gasteiger partial charge in [-0.3, -0.25) is 10.1 Å². The summed E-state index contributed by atoms with van der Waals surface area (Å²) in [5.74, 6) is 1.08. The van der Waals surface area contributed by atoms with E-state index >= 15 is 0 Å². The minimum absolute atomic E-state index is 0.00487. The fraction of sp³-hybridized carbons (Fsp3) is 0.421. The molecule has 1 aromatic heterocycles. The van der Waals surface area contributed by atoms with Crippen molar-refractivity contribution in [3.05, 3.63) is 34.8 Å². The van der Waals surface area contributed by atoms with Gasteiger partial charge in [-0.1, -0.05) is 30.4 Å². The molecule has 2 N–H and O–H groups in total. The van der Waals surface area contributed by atoms with Gasteiger partial charge in [0.15, 0.2) is 5.13 Å². The molecule has 7 nitrogen and oxygen atoms in total. The van der Waals surface area contributed by atoms with Gasteiger partial charge in [-0.15, -0.1) is 0 Å². The Morgan fingerprint density at radius 3 is 2.81 bits per heavy atom. The zero-order chi connectivity index (χ0) is 19.4. The molecule has 1 fully saturated rings. The summed E-state index contributed by atoms with van der Waals surface area (Å²) in [6.07, 6.45) is 2.18. The number of hydrogen-bond donors (Lipinski definition) is 2. The van der Waals surface area contributed by atoms with Crippen molar-refractivity contribution in [2.24, 2.45) is 5.92 Å². The predicted molar refractivity (Wildman–Crippen MR) is 107 cm³/mol. The van der Waals surface area contributed by atoms with Crippen molar-refractivity contribution >= 4 is 34.1 Å². The Hall–Kier alpha value is -2.61. The number of aryl methyl sites for hydroxylation is 1. The molecule has 1 aliphatic rings. The third-order valence-corrected chi connectivity index (χ3v) is 5.57. The Kier molecular flexibility index (Phi) is 5.95. The number of rotatable bonds is 4. The van der Waals surface area contributed by atoms with E-state index in [4.69, 9.17) is 4.74 Å². The number of thiazole rings is 1. The number of para-hydroxylation sites is 2. The van der Waals surface area contributed by atoms with E-state index in [1.54, 1.807) is 26.2 Å². The van der Waals surface area contributed by atoms with E-state index in [1.807, 2.05) is 17.0 Å². The fourth-order valence-corrected chi connectivity index (χ4v) is 4.09. The molecular weight excluding hydrogens is 364 g/mol. The van der Waals surface area contributed by atoms with E-state index in [2.05, 4.69) is 22.5 Å². The van der Waals surface area contributed by atoms with Crippen LogP contribution in [0.4, 0.5) is 15.6 Å². The maximum atomic E-state index is 12.8. The highest BCUT2D eigenvalue weighted by Gasteiger charge is 2.25. The first kappa shape index (κ1) is 19.2. The Balaban J connectivity index is 1.67. The van der Waals surface area contributed by atoms with Crippen LogP contribution >= 0.6 is 11.3 Å². The summed E-state index contributed by atoms with van der Waals surface area (Å²) >= 11 is 1.21. The van der Waals surface area contributed by atoms with Gasteiger partial charge >= 0.3 is 6.03 Å². The number of likely N-dealkylation sites (tertiary alicyclic amines) is 1. The fourth-order valence-electron chi connectivity index (χ4n) is 3.16. The average molecular weight is 388 g/mol. The molecule has 0 bridgehead atoms. The number of anilines is 2. The number of piperidine rings is 1. The Labute approximate surface area is 162 Å². The molecule has 0 saturated carbocycles. The van der Waals surface area contributed by atoms with Crippen molar-refractivity contribution in [1.82, 2.24) is 9.88 Å². The molecule has 1 atom stereocenters. The van der Waals surface area contributed by atoms with Gasteiger partial charge in [-0.05, 0) is 37.8 Å². The van der Waals surface area contributed by atoms with Crippen LogP contribution in [0.2, 0.25) is 0 Å². The lowest BCUT2D eigenvalue weighted by atomic mass is 10.0. The largest absolute Gasteiger partial charge is 0.495 e. The van der Waals surface area contributed by atoms with Crippen LogP contribution in [0.3, 0.4) is 0 Å². The summed E-state index contributed by atoms with van der Waals surface area (Å²) in [4.78, 5) is 31.9. The number of carbonyl (C=O) groups excluding carboxylic acids is 2. The Morgan fingerprint density at radius 1 is 1.30 bits per heavy atom. The highest BCUT2D eigenvalue weighted by atomic mass is 32.1. The van der Waals surface area contributed by atoms with Crippen LogP contribution in [-0.4, -0.2) is 42.0 Å². The summed E-state index contributed by atoms with van der Waals surface area (Å²) in [6.45, 7) is 5.50. The van der Waals surface area contributed by atoms with Crippen molar-refractivity contribution in [3.8, 4) is 5.75 Å². The zero-order valence-electron chi connectivity index (χ0n) is 15.7. The molecule has 0 spiro atoms. The van der Waals surface area contributed by atoms with Crippen LogP contribution in [0.5, 0.6) is 5.75 Å². The van der Waals surface area contributed by atoms with E-state index in [-0.39, 0.29) is 5.91 Å². The minimum Gasteiger partial charge on any atom is -0.495 e. The van der Waals surface area contributed by atoms with Crippen LogP contribution in [0.1, 0.15) is 35.1 Å². The first-order valence-electron chi connectivity index (χ1n) is 8.95. The number of nitrogens with one attached hydrogen (secondary N) is 2. The molecule has 3 rings (SSSR count). The molecule has 8 heteroatoms. The van der Waals surface area contributed by atoms with E-state index in [1.165, 1.54) is 11.3 Å². The third kappa shape index (κ3) is 4.57. The SMILES string of the molecule is COc1ccccc1NC(=O)Nc1nc(C)c(C(=O)N2CCCC(C)C2)s1. The molecule has 1 saturated heterocycles. The molecule has 0 radical (unpaired) electrons. The summed E-state index contributed by atoms with van der Waals surface area (Å²) in [7, 11) is 1.54. The van der Waals surface area contributed by atoms with Crippen molar-refractivity contribution in [2.75, 3.05) is 30.8 Å². The van der Waals surface area contributed by atoms with Gasteiger partial charge in [0.05, 0.1) is 18.5 Å². The maximum Gasteiger partial charge on any atom is 0.325 e. The average Bonchev–Trinajstić information content (AvgIpc) is 3.01. The van der Waals surface area contributed by atoms with Gasteiger partial charge in [0, 0.05) is 13.1 Å². The highest BCUT2D eigenvalue weighted by molar-refractivity contribution is 7.17. The second-order valence-corrected chi connectivity index (χ2v) is 7.71. The first-order valence-corrected chi connectivity index (χ1v) is 9.77. The Bertz CT molecular complexity index is 836. The smallest absolute Gasteiger partial charge is 0.325 e. The summed E-state index contributed by atoms with van der Waals surface area (Å²) < 4.78 is 5.22. The number of aromatic nitrogens is 1. The summed E-state index contributed by atoms with van der Waals surface area (Å²) in [5.41, 5.74) is 1.19. The predicted octanol–water partition coefficient (Wildman–Crippen LogP) is 3.98. The molecule has 27 heavy (non-hydrogen) atoms. The third-order valence-electron chi connectivity index (χ3n) is 4.51. The minimum atomic E-state index is -0.432. The number of amides is 3. The van der Waals surface area contributed by atoms with Gasteiger partial charge in [-0.25, -0.2) is 9.78 Å². The Morgan fingerprint density at radius 2 is 2.07 bits per heavy atom. The number of carbonyl (C=O) groups is 2. The molecule has 1 aromatic carbocycles. The van der Waals surface area contributed by atoms with E-state index in [0.29, 0.717) is 33.1 Å². The monoisotopic (exact) mass is 388 g/mol. The summed E-state index contributed by atoms with van der Waals surface area (Å²) in [6, 6.07) is 6.71. The molecule has 2 heterocycles. The van der Waals surface area contributed by atoms with Gasteiger partial charge in [0.1, 0.15) is 10.6 Å². The van der Waals surface area contributed by atoms with Gasteiger partial charge in [0.2, 0.25) is 0 Å². The lowest BCUT2D eigenvalue weighted by Crippen LogP contribution is -2.39. The van der Waals surface area contributed by atoms with Crippen molar-refractivity contribution in [1.29, 1.82) is 0 Å². The van der Waals surface area contributed by atoms with Crippen LogP contribution in [0, 0.1) is 12.8 Å². The maximum absolute atomic E-state index is 12.8. The number of methoxy groups -OCH3 is 1. The van der Waals surface area contributed by atoms with Crippen molar-refractivity contribution in [2.45, 2.75) is 26.7 Å². The van der Waals surface area contributed by atoms with Crippen LogP contribution in [0.15, 0.2) is 24.3 Å². The number of ether oxygens (including phenoxy) is 1. The van der Waals surface area contributed by atoms with Crippen molar-refractivity contribution < 1.29 is 14.3 Å². The lowest BCUT2D eigenvalue weighted by Gasteiger charge is -2.30. The molecule has 1 aliphatic heterocycles. The van der Waals surface area contributed by atoms with E-state index in [9.17, 15) is 9.59 Å². The van der Waals surface area contributed by atoms with Crippen LogP contribution in [-0.2, 0) is 0 Å². The van der Waals surface area contributed by atoms with Crippen LogP contribution < -0.4 is 15.4 Å². The van der Waals surface area contributed by atoms with Crippen molar-refractivity contribution in [3.63, 3.8) is 0 Å².